The molecule has 0 fully saturated rings. The quantitative estimate of drug-likeness (QED) is 0.761. The molecule has 20 heavy (non-hydrogen) atoms. The van der Waals surface area contributed by atoms with E-state index in [1.807, 2.05) is 30.5 Å². The molecule has 0 spiro atoms. The van der Waals surface area contributed by atoms with Crippen molar-refractivity contribution in [3.05, 3.63) is 30.5 Å². The lowest BCUT2D eigenvalue weighted by Crippen LogP contribution is -2.25. The Morgan fingerprint density at radius 3 is 2.85 bits per heavy atom. The Hall–Kier alpha value is -1.81. The lowest BCUT2D eigenvalue weighted by molar-refractivity contribution is 0.415. The molecule has 1 aromatic carbocycles. The topological polar surface area (TPSA) is 46.2 Å². The molecule has 0 radical (unpaired) electrons. The van der Waals surface area contributed by atoms with Crippen molar-refractivity contribution < 1.29 is 4.74 Å². The first kappa shape index (κ1) is 14.6. The molecule has 0 bridgehead atoms. The summed E-state index contributed by atoms with van der Waals surface area (Å²) in [5.74, 6) is 1.53. The van der Waals surface area contributed by atoms with Crippen LogP contribution in [0.25, 0.3) is 10.9 Å². The van der Waals surface area contributed by atoms with E-state index in [1.54, 1.807) is 7.11 Å². The van der Waals surface area contributed by atoms with Gasteiger partial charge in [0, 0.05) is 30.7 Å². The van der Waals surface area contributed by atoms with Gasteiger partial charge in [0.25, 0.3) is 0 Å². The van der Waals surface area contributed by atoms with Gasteiger partial charge in [0.05, 0.1) is 18.3 Å². The molecule has 108 valence electrons. The summed E-state index contributed by atoms with van der Waals surface area (Å²) >= 11 is 0. The average Bonchev–Trinajstić information content (AvgIpc) is 2.46. The third kappa shape index (κ3) is 3.84. The molecule has 0 amide bonds. The Morgan fingerprint density at radius 1 is 1.25 bits per heavy atom. The van der Waals surface area contributed by atoms with Crippen LogP contribution >= 0.6 is 0 Å². The van der Waals surface area contributed by atoms with Gasteiger partial charge < -0.3 is 15.4 Å². The Balaban J connectivity index is 2.04. The van der Waals surface area contributed by atoms with Crippen LogP contribution in [-0.4, -0.2) is 31.7 Å². The van der Waals surface area contributed by atoms with E-state index < -0.39 is 0 Å². The van der Waals surface area contributed by atoms with E-state index in [4.69, 9.17) is 4.74 Å². The van der Waals surface area contributed by atoms with Gasteiger partial charge in [0.2, 0.25) is 0 Å². The van der Waals surface area contributed by atoms with Gasteiger partial charge in [0.1, 0.15) is 5.75 Å². The van der Waals surface area contributed by atoms with Gasteiger partial charge in [-0.1, -0.05) is 19.9 Å². The molecular formula is C16H23N3O. The third-order valence-electron chi connectivity index (χ3n) is 3.08. The minimum absolute atomic E-state index is 0.675. The van der Waals surface area contributed by atoms with Crippen molar-refractivity contribution in [2.45, 2.75) is 13.8 Å². The first-order valence-corrected chi connectivity index (χ1v) is 7.08. The van der Waals surface area contributed by atoms with Crippen molar-refractivity contribution in [3.8, 4) is 5.75 Å². The number of hydrogen-bond acceptors (Lipinski definition) is 4. The minimum atomic E-state index is 0.675. The van der Waals surface area contributed by atoms with Gasteiger partial charge in [-0.2, -0.15) is 0 Å². The maximum atomic E-state index is 5.34. The highest BCUT2D eigenvalue weighted by atomic mass is 16.5. The molecule has 0 aliphatic heterocycles. The normalized spacial score (nSPS) is 11.0. The second kappa shape index (κ2) is 7.10. The van der Waals surface area contributed by atoms with Gasteiger partial charge in [-0.25, -0.2) is 0 Å². The number of benzene rings is 1. The molecule has 1 aromatic heterocycles. The summed E-state index contributed by atoms with van der Waals surface area (Å²) in [5.41, 5.74) is 2.00. The monoisotopic (exact) mass is 273 g/mol. The molecule has 0 aliphatic rings. The standard InChI is InChI=1S/C16H23N3O/c1-12(2)11-17-7-8-18-15-10-14(20-3)9-13-5-4-6-19-16(13)15/h4-6,9-10,12,17-18H,7-8,11H2,1-3H3. The maximum absolute atomic E-state index is 5.34. The van der Waals surface area contributed by atoms with Crippen molar-refractivity contribution in [3.63, 3.8) is 0 Å². The summed E-state index contributed by atoms with van der Waals surface area (Å²) in [6.07, 6.45) is 1.82. The van der Waals surface area contributed by atoms with Crippen molar-refractivity contribution >= 4 is 16.6 Å². The summed E-state index contributed by atoms with van der Waals surface area (Å²) in [6, 6.07) is 7.99. The zero-order valence-corrected chi connectivity index (χ0v) is 12.4. The number of fused-ring (bicyclic) bond motifs is 1. The molecule has 0 unspecified atom stereocenters. The number of nitrogens with one attached hydrogen (secondary N) is 2. The second-order valence-electron chi connectivity index (χ2n) is 5.27. The van der Waals surface area contributed by atoms with Crippen molar-refractivity contribution in [1.82, 2.24) is 10.3 Å². The van der Waals surface area contributed by atoms with E-state index in [0.29, 0.717) is 5.92 Å². The van der Waals surface area contributed by atoms with Crippen LogP contribution in [0.5, 0.6) is 5.75 Å². The van der Waals surface area contributed by atoms with Crippen LogP contribution in [0, 0.1) is 5.92 Å². The van der Waals surface area contributed by atoms with E-state index in [-0.39, 0.29) is 0 Å². The van der Waals surface area contributed by atoms with Crippen LogP contribution in [0.15, 0.2) is 30.5 Å². The molecule has 0 atom stereocenters. The fraction of sp³-hybridized carbons (Fsp3) is 0.438. The van der Waals surface area contributed by atoms with Crippen LogP contribution in [0.2, 0.25) is 0 Å². The van der Waals surface area contributed by atoms with E-state index in [1.165, 1.54) is 0 Å². The summed E-state index contributed by atoms with van der Waals surface area (Å²) in [7, 11) is 1.69. The number of ether oxygens (including phenoxy) is 1. The highest BCUT2D eigenvalue weighted by Gasteiger charge is 2.05. The lowest BCUT2D eigenvalue weighted by Gasteiger charge is -2.12. The first-order valence-electron chi connectivity index (χ1n) is 7.08. The largest absolute Gasteiger partial charge is 0.497 e. The number of rotatable bonds is 7. The highest BCUT2D eigenvalue weighted by molar-refractivity contribution is 5.91. The van der Waals surface area contributed by atoms with Crippen molar-refractivity contribution in [2.24, 2.45) is 5.92 Å². The number of pyridine rings is 1. The summed E-state index contributed by atoms with van der Waals surface area (Å²) in [6.45, 7) is 7.26. The SMILES string of the molecule is COc1cc(NCCNCC(C)C)c2ncccc2c1. The van der Waals surface area contributed by atoms with Crippen LogP contribution in [0.3, 0.4) is 0 Å². The fourth-order valence-corrected chi connectivity index (χ4v) is 2.09. The second-order valence-corrected chi connectivity index (χ2v) is 5.27. The Labute approximate surface area is 120 Å². The van der Waals surface area contributed by atoms with Crippen molar-refractivity contribution in [1.29, 1.82) is 0 Å². The van der Waals surface area contributed by atoms with Crippen LogP contribution < -0.4 is 15.4 Å². The summed E-state index contributed by atoms with van der Waals surface area (Å²) in [4.78, 5) is 4.45. The molecule has 4 nitrogen and oxygen atoms in total. The van der Waals surface area contributed by atoms with Gasteiger partial charge in [-0.3, -0.25) is 4.98 Å². The molecular weight excluding hydrogens is 250 g/mol. The van der Waals surface area contributed by atoms with Gasteiger partial charge in [-0.15, -0.1) is 0 Å². The Kier molecular flexibility index (Phi) is 5.18. The van der Waals surface area contributed by atoms with Crippen LogP contribution in [-0.2, 0) is 0 Å². The lowest BCUT2D eigenvalue weighted by atomic mass is 10.1. The Bertz CT molecular complexity index is 554. The van der Waals surface area contributed by atoms with Gasteiger partial charge in [-0.05, 0) is 24.6 Å². The highest BCUT2D eigenvalue weighted by Crippen LogP contribution is 2.27. The zero-order chi connectivity index (χ0) is 14.4. The molecule has 2 rings (SSSR count). The fourth-order valence-electron chi connectivity index (χ4n) is 2.09. The summed E-state index contributed by atoms with van der Waals surface area (Å²) in [5, 5.41) is 7.94. The van der Waals surface area contributed by atoms with Gasteiger partial charge in [0.15, 0.2) is 0 Å². The number of anilines is 1. The molecule has 2 N–H and O–H groups in total. The van der Waals surface area contributed by atoms with E-state index >= 15 is 0 Å². The van der Waals surface area contributed by atoms with Crippen molar-refractivity contribution in [2.75, 3.05) is 32.1 Å². The number of nitrogens with zero attached hydrogens (tertiary/aromatic N) is 1. The van der Waals surface area contributed by atoms with E-state index in [0.717, 1.165) is 42.0 Å². The summed E-state index contributed by atoms with van der Waals surface area (Å²) < 4.78 is 5.34. The predicted molar refractivity (Wildman–Crippen MR) is 84.5 cm³/mol. The minimum Gasteiger partial charge on any atom is -0.497 e. The van der Waals surface area contributed by atoms with Crippen LogP contribution in [0.4, 0.5) is 5.69 Å². The predicted octanol–water partition coefficient (Wildman–Crippen LogP) is 2.90. The first-order chi connectivity index (χ1) is 9.70. The Morgan fingerprint density at radius 2 is 2.10 bits per heavy atom. The van der Waals surface area contributed by atoms with E-state index in [9.17, 15) is 0 Å². The number of hydrogen-bond donors (Lipinski definition) is 2. The maximum Gasteiger partial charge on any atom is 0.121 e. The van der Waals surface area contributed by atoms with Crippen LogP contribution in [0.1, 0.15) is 13.8 Å². The molecule has 2 aromatic rings. The average molecular weight is 273 g/mol. The third-order valence-corrected chi connectivity index (χ3v) is 3.08. The molecule has 0 aliphatic carbocycles. The number of aromatic nitrogens is 1. The van der Waals surface area contributed by atoms with E-state index in [2.05, 4.69) is 29.5 Å². The van der Waals surface area contributed by atoms with Gasteiger partial charge >= 0.3 is 0 Å². The number of methoxy groups -OCH3 is 1. The molecule has 1 heterocycles. The molecule has 4 heteroatoms. The molecule has 0 saturated carbocycles. The zero-order valence-electron chi connectivity index (χ0n) is 12.4. The smallest absolute Gasteiger partial charge is 0.121 e. The molecule has 0 saturated heterocycles.